The largest absolute Gasteiger partial charge is 0.481 e. The molecule has 1 aliphatic rings. The predicted molar refractivity (Wildman–Crippen MR) is 64.4 cm³/mol. The number of nitrogens with two attached hydrogens (primary N) is 1. The standard InChI is InChI=1S/C12H12ClNO4/c13-8-3-1-2-7(4-8)9-5-12(9,10(15)16)6-18-11(14)17/h1-4,9H,5-6H2,(H2,14,17)(H,15,16). The predicted octanol–water partition coefficient (Wildman–Crippen LogP) is 1.99. The van der Waals surface area contributed by atoms with Crippen molar-refractivity contribution in [1.82, 2.24) is 0 Å². The number of primary amides is 1. The number of amides is 1. The third kappa shape index (κ3) is 2.26. The molecule has 1 saturated carbocycles. The first-order valence-corrected chi connectivity index (χ1v) is 5.74. The lowest BCUT2D eigenvalue weighted by atomic mass is 10.00. The monoisotopic (exact) mass is 269 g/mol. The quantitative estimate of drug-likeness (QED) is 0.875. The van der Waals surface area contributed by atoms with Crippen LogP contribution >= 0.6 is 11.6 Å². The highest BCUT2D eigenvalue weighted by atomic mass is 35.5. The van der Waals surface area contributed by atoms with Gasteiger partial charge in [0.1, 0.15) is 12.0 Å². The molecule has 1 fully saturated rings. The molecule has 0 aliphatic heterocycles. The molecule has 2 unspecified atom stereocenters. The van der Waals surface area contributed by atoms with Crippen molar-refractivity contribution in [1.29, 1.82) is 0 Å². The van der Waals surface area contributed by atoms with Crippen LogP contribution in [0, 0.1) is 5.41 Å². The number of carbonyl (C=O) groups excluding carboxylic acids is 1. The maximum Gasteiger partial charge on any atom is 0.404 e. The fraction of sp³-hybridized carbons (Fsp3) is 0.333. The van der Waals surface area contributed by atoms with E-state index in [1.165, 1.54) is 0 Å². The first-order chi connectivity index (χ1) is 8.45. The summed E-state index contributed by atoms with van der Waals surface area (Å²) in [6.07, 6.45) is -0.553. The highest BCUT2D eigenvalue weighted by molar-refractivity contribution is 6.30. The average molecular weight is 270 g/mol. The van der Waals surface area contributed by atoms with E-state index in [0.717, 1.165) is 5.56 Å². The highest BCUT2D eigenvalue weighted by Crippen LogP contribution is 2.59. The van der Waals surface area contributed by atoms with Crippen LogP contribution in [-0.2, 0) is 9.53 Å². The summed E-state index contributed by atoms with van der Waals surface area (Å²) >= 11 is 5.86. The molecule has 1 aromatic carbocycles. The van der Waals surface area contributed by atoms with E-state index in [1.807, 2.05) is 6.07 Å². The molecule has 18 heavy (non-hydrogen) atoms. The van der Waals surface area contributed by atoms with Crippen molar-refractivity contribution in [3.8, 4) is 0 Å². The Morgan fingerprint density at radius 2 is 2.28 bits per heavy atom. The zero-order valence-electron chi connectivity index (χ0n) is 9.43. The Labute approximate surface area is 108 Å². The number of carboxylic acid groups (broad SMARTS) is 1. The highest BCUT2D eigenvalue weighted by Gasteiger charge is 2.62. The molecule has 1 aliphatic carbocycles. The van der Waals surface area contributed by atoms with Gasteiger partial charge in [-0.05, 0) is 24.1 Å². The summed E-state index contributed by atoms with van der Waals surface area (Å²) in [4.78, 5) is 21.9. The zero-order valence-corrected chi connectivity index (χ0v) is 10.2. The van der Waals surface area contributed by atoms with Gasteiger partial charge in [-0.25, -0.2) is 4.79 Å². The summed E-state index contributed by atoms with van der Waals surface area (Å²) in [6.45, 7) is -0.213. The van der Waals surface area contributed by atoms with Crippen LogP contribution in [0.15, 0.2) is 24.3 Å². The zero-order chi connectivity index (χ0) is 13.3. The van der Waals surface area contributed by atoms with Gasteiger partial charge in [0.15, 0.2) is 0 Å². The van der Waals surface area contributed by atoms with Crippen LogP contribution in [0.25, 0.3) is 0 Å². The van der Waals surface area contributed by atoms with Gasteiger partial charge in [-0.2, -0.15) is 0 Å². The van der Waals surface area contributed by atoms with Crippen molar-refractivity contribution in [2.45, 2.75) is 12.3 Å². The van der Waals surface area contributed by atoms with E-state index in [4.69, 9.17) is 17.3 Å². The fourth-order valence-electron chi connectivity index (χ4n) is 2.12. The molecule has 3 N–H and O–H groups in total. The molecule has 5 nitrogen and oxygen atoms in total. The van der Waals surface area contributed by atoms with Crippen molar-refractivity contribution in [2.24, 2.45) is 11.1 Å². The minimum absolute atomic E-state index is 0.201. The average Bonchev–Trinajstić information content (AvgIpc) is 3.02. The van der Waals surface area contributed by atoms with E-state index in [-0.39, 0.29) is 12.5 Å². The maximum atomic E-state index is 11.3. The van der Waals surface area contributed by atoms with E-state index >= 15 is 0 Å². The van der Waals surface area contributed by atoms with E-state index in [2.05, 4.69) is 4.74 Å². The number of hydrogen-bond acceptors (Lipinski definition) is 3. The molecule has 0 bridgehead atoms. The Morgan fingerprint density at radius 1 is 1.56 bits per heavy atom. The Balaban J connectivity index is 2.17. The molecule has 2 rings (SSSR count). The molecule has 2 atom stereocenters. The van der Waals surface area contributed by atoms with Gasteiger partial charge in [-0.3, -0.25) is 4.79 Å². The van der Waals surface area contributed by atoms with Crippen molar-refractivity contribution in [3.05, 3.63) is 34.9 Å². The molecule has 0 radical (unpaired) electrons. The lowest BCUT2D eigenvalue weighted by molar-refractivity contribution is -0.145. The second-order valence-corrected chi connectivity index (χ2v) is 4.82. The normalized spacial score (nSPS) is 25.5. The lowest BCUT2D eigenvalue weighted by Crippen LogP contribution is -2.27. The summed E-state index contributed by atoms with van der Waals surface area (Å²) in [6, 6.07) is 7.01. The van der Waals surface area contributed by atoms with Crippen LogP contribution in [-0.4, -0.2) is 23.8 Å². The summed E-state index contributed by atoms with van der Waals surface area (Å²) < 4.78 is 4.64. The van der Waals surface area contributed by atoms with Crippen LogP contribution in [0.3, 0.4) is 0 Å². The first kappa shape index (κ1) is 12.7. The van der Waals surface area contributed by atoms with Gasteiger partial charge >= 0.3 is 12.1 Å². The van der Waals surface area contributed by atoms with Crippen LogP contribution in [0.4, 0.5) is 4.79 Å². The third-order valence-electron chi connectivity index (χ3n) is 3.22. The van der Waals surface area contributed by atoms with Crippen LogP contribution in [0.2, 0.25) is 5.02 Å². The third-order valence-corrected chi connectivity index (χ3v) is 3.46. The molecule has 0 saturated heterocycles. The molecule has 1 aromatic rings. The molecule has 1 amide bonds. The van der Waals surface area contributed by atoms with Gasteiger partial charge in [0.2, 0.25) is 0 Å². The SMILES string of the molecule is NC(=O)OCC1(C(=O)O)CC1c1cccc(Cl)c1. The van der Waals surface area contributed by atoms with Crippen molar-refractivity contribution < 1.29 is 19.4 Å². The Morgan fingerprint density at radius 3 is 2.83 bits per heavy atom. The van der Waals surface area contributed by atoms with Gasteiger partial charge in [-0.15, -0.1) is 0 Å². The van der Waals surface area contributed by atoms with Crippen molar-refractivity contribution >= 4 is 23.7 Å². The number of ether oxygens (including phenoxy) is 1. The van der Waals surface area contributed by atoms with Gasteiger partial charge < -0.3 is 15.6 Å². The molecular weight excluding hydrogens is 258 g/mol. The van der Waals surface area contributed by atoms with E-state index in [9.17, 15) is 14.7 Å². The number of hydrogen-bond donors (Lipinski definition) is 2. The Hall–Kier alpha value is -1.75. The second kappa shape index (κ2) is 4.49. The summed E-state index contributed by atoms with van der Waals surface area (Å²) in [5, 5.41) is 9.80. The van der Waals surface area contributed by atoms with Crippen molar-refractivity contribution in [2.75, 3.05) is 6.61 Å². The van der Waals surface area contributed by atoms with Gasteiger partial charge in [0, 0.05) is 10.9 Å². The van der Waals surface area contributed by atoms with E-state index in [0.29, 0.717) is 11.4 Å². The number of rotatable bonds is 4. The smallest absolute Gasteiger partial charge is 0.404 e. The maximum absolute atomic E-state index is 11.3. The first-order valence-electron chi connectivity index (χ1n) is 5.37. The number of aliphatic carboxylic acids is 1. The lowest BCUT2D eigenvalue weighted by Gasteiger charge is -2.12. The van der Waals surface area contributed by atoms with E-state index in [1.54, 1.807) is 18.2 Å². The molecule has 0 heterocycles. The van der Waals surface area contributed by atoms with Crippen molar-refractivity contribution in [3.63, 3.8) is 0 Å². The fourth-order valence-corrected chi connectivity index (χ4v) is 2.32. The number of halogens is 1. The number of benzene rings is 1. The summed E-state index contributed by atoms with van der Waals surface area (Å²) in [5.74, 6) is -1.19. The molecular formula is C12H12ClNO4. The van der Waals surface area contributed by atoms with Crippen LogP contribution in [0.1, 0.15) is 17.9 Å². The number of carbonyl (C=O) groups is 2. The minimum Gasteiger partial charge on any atom is -0.481 e. The van der Waals surface area contributed by atoms with Crippen LogP contribution < -0.4 is 5.73 Å². The Bertz CT molecular complexity index is 505. The number of carboxylic acids is 1. The topological polar surface area (TPSA) is 89.6 Å². The molecule has 6 heteroatoms. The Kier molecular flexibility index (Phi) is 3.17. The van der Waals surface area contributed by atoms with Crippen LogP contribution in [0.5, 0.6) is 0 Å². The van der Waals surface area contributed by atoms with Gasteiger partial charge in [-0.1, -0.05) is 23.7 Å². The summed E-state index contributed by atoms with van der Waals surface area (Å²) in [5.41, 5.74) is 4.62. The minimum atomic E-state index is -1.07. The summed E-state index contributed by atoms with van der Waals surface area (Å²) in [7, 11) is 0. The van der Waals surface area contributed by atoms with Gasteiger partial charge in [0.25, 0.3) is 0 Å². The second-order valence-electron chi connectivity index (χ2n) is 4.38. The van der Waals surface area contributed by atoms with Gasteiger partial charge in [0.05, 0.1) is 0 Å². The molecule has 0 spiro atoms. The molecule has 0 aromatic heterocycles. The van der Waals surface area contributed by atoms with E-state index < -0.39 is 17.5 Å². The molecule has 96 valence electrons.